The van der Waals surface area contributed by atoms with Crippen LogP contribution in [-0.4, -0.2) is 28.6 Å². The van der Waals surface area contributed by atoms with Crippen molar-refractivity contribution in [2.75, 3.05) is 6.54 Å². The minimum atomic E-state index is -0.727. The normalized spacial score (nSPS) is 21.0. The fraction of sp³-hybridized carbons (Fsp3) is 0.364. The van der Waals surface area contributed by atoms with Gasteiger partial charge in [-0.3, -0.25) is 9.69 Å². The van der Waals surface area contributed by atoms with Crippen LogP contribution in [0.3, 0.4) is 0 Å². The standard InChI is InChI=1S/C11H12ClNO2/c12-9-3-1-8(2-4-9)7-13-6-5-10(13)11(14)15/h1-4,10H,5-7H2,(H,14,15). The molecular weight excluding hydrogens is 214 g/mol. The lowest BCUT2D eigenvalue weighted by molar-refractivity contribution is -0.148. The number of nitrogens with zero attached hydrogens (tertiary/aromatic N) is 1. The third-order valence-corrected chi connectivity index (χ3v) is 2.97. The van der Waals surface area contributed by atoms with Gasteiger partial charge in [-0.15, -0.1) is 0 Å². The number of benzene rings is 1. The molecule has 0 amide bonds. The van der Waals surface area contributed by atoms with Gasteiger partial charge in [-0.25, -0.2) is 0 Å². The van der Waals surface area contributed by atoms with Crippen molar-refractivity contribution in [3.8, 4) is 0 Å². The summed E-state index contributed by atoms with van der Waals surface area (Å²) in [5.74, 6) is -0.727. The van der Waals surface area contributed by atoms with Crippen molar-refractivity contribution in [3.63, 3.8) is 0 Å². The van der Waals surface area contributed by atoms with Gasteiger partial charge >= 0.3 is 5.97 Å². The van der Waals surface area contributed by atoms with Crippen LogP contribution in [-0.2, 0) is 11.3 Å². The molecule has 1 aliphatic rings. The van der Waals surface area contributed by atoms with Crippen molar-refractivity contribution in [2.45, 2.75) is 19.0 Å². The Labute approximate surface area is 93.3 Å². The van der Waals surface area contributed by atoms with Crippen molar-refractivity contribution < 1.29 is 9.90 Å². The van der Waals surface area contributed by atoms with Crippen molar-refractivity contribution in [3.05, 3.63) is 34.9 Å². The molecule has 0 saturated carbocycles. The van der Waals surface area contributed by atoms with E-state index < -0.39 is 5.97 Å². The highest BCUT2D eigenvalue weighted by Gasteiger charge is 2.33. The van der Waals surface area contributed by atoms with E-state index in [0.29, 0.717) is 11.6 Å². The Kier molecular flexibility index (Phi) is 2.93. The molecule has 3 nitrogen and oxygen atoms in total. The molecule has 15 heavy (non-hydrogen) atoms. The van der Waals surface area contributed by atoms with E-state index in [1.165, 1.54) is 0 Å². The topological polar surface area (TPSA) is 40.5 Å². The van der Waals surface area contributed by atoms with Crippen molar-refractivity contribution >= 4 is 17.6 Å². The first-order chi connectivity index (χ1) is 7.16. The summed E-state index contributed by atoms with van der Waals surface area (Å²) in [7, 11) is 0. The number of aliphatic carboxylic acids is 1. The molecule has 1 aromatic rings. The molecule has 0 aliphatic carbocycles. The number of hydrogen-bond donors (Lipinski definition) is 1. The molecule has 1 atom stereocenters. The molecule has 1 aliphatic heterocycles. The monoisotopic (exact) mass is 225 g/mol. The quantitative estimate of drug-likeness (QED) is 0.856. The summed E-state index contributed by atoms with van der Waals surface area (Å²) < 4.78 is 0. The maximum absolute atomic E-state index is 10.8. The average Bonchev–Trinajstić information content (AvgIpc) is 2.14. The minimum absolute atomic E-state index is 0.305. The minimum Gasteiger partial charge on any atom is -0.480 e. The Morgan fingerprint density at radius 3 is 2.60 bits per heavy atom. The van der Waals surface area contributed by atoms with Crippen LogP contribution in [0.15, 0.2) is 24.3 Å². The van der Waals surface area contributed by atoms with E-state index in [9.17, 15) is 4.79 Å². The Hall–Kier alpha value is -1.06. The van der Waals surface area contributed by atoms with Gasteiger partial charge in [-0.1, -0.05) is 23.7 Å². The van der Waals surface area contributed by atoms with Gasteiger partial charge in [-0.05, 0) is 24.1 Å². The number of carboxylic acid groups (broad SMARTS) is 1. The van der Waals surface area contributed by atoms with Crippen LogP contribution in [0.2, 0.25) is 5.02 Å². The Morgan fingerprint density at radius 2 is 2.13 bits per heavy atom. The lowest BCUT2D eigenvalue weighted by Gasteiger charge is -2.37. The Morgan fingerprint density at radius 1 is 1.47 bits per heavy atom. The van der Waals surface area contributed by atoms with Crippen LogP contribution in [0, 0.1) is 0 Å². The summed E-state index contributed by atoms with van der Waals surface area (Å²) in [6.07, 6.45) is 0.753. The molecule has 1 heterocycles. The summed E-state index contributed by atoms with van der Waals surface area (Å²) in [5.41, 5.74) is 1.10. The van der Waals surface area contributed by atoms with Gasteiger partial charge in [0.2, 0.25) is 0 Å². The smallest absolute Gasteiger partial charge is 0.320 e. The number of likely N-dealkylation sites (tertiary alicyclic amines) is 1. The molecular formula is C11H12ClNO2. The van der Waals surface area contributed by atoms with Gasteiger partial charge in [0.15, 0.2) is 0 Å². The van der Waals surface area contributed by atoms with Crippen molar-refractivity contribution in [1.82, 2.24) is 4.90 Å². The molecule has 4 heteroatoms. The highest BCUT2D eigenvalue weighted by Crippen LogP contribution is 2.21. The Bertz CT molecular complexity index is 363. The van der Waals surface area contributed by atoms with Crippen molar-refractivity contribution in [2.24, 2.45) is 0 Å². The van der Waals surface area contributed by atoms with Crippen LogP contribution in [0.1, 0.15) is 12.0 Å². The van der Waals surface area contributed by atoms with Crippen LogP contribution < -0.4 is 0 Å². The van der Waals surface area contributed by atoms with Gasteiger partial charge < -0.3 is 5.11 Å². The average molecular weight is 226 g/mol. The predicted octanol–water partition coefficient (Wildman–Crippen LogP) is 2.00. The van der Waals surface area contributed by atoms with E-state index in [2.05, 4.69) is 0 Å². The lowest BCUT2D eigenvalue weighted by atomic mass is 10.0. The van der Waals surface area contributed by atoms with E-state index in [1.54, 1.807) is 0 Å². The molecule has 0 spiro atoms. The number of halogens is 1. The molecule has 1 unspecified atom stereocenters. The maximum atomic E-state index is 10.8. The molecule has 1 fully saturated rings. The zero-order valence-corrected chi connectivity index (χ0v) is 8.94. The van der Waals surface area contributed by atoms with Crippen molar-refractivity contribution in [1.29, 1.82) is 0 Å². The van der Waals surface area contributed by atoms with Crippen LogP contribution in [0.4, 0.5) is 0 Å². The van der Waals surface area contributed by atoms with Crippen LogP contribution in [0.25, 0.3) is 0 Å². The molecule has 80 valence electrons. The van der Waals surface area contributed by atoms with E-state index >= 15 is 0 Å². The summed E-state index contributed by atoms with van der Waals surface area (Å²) in [6.45, 7) is 1.55. The fourth-order valence-electron chi connectivity index (χ4n) is 1.73. The first-order valence-corrected chi connectivity index (χ1v) is 5.26. The van der Waals surface area contributed by atoms with E-state index in [0.717, 1.165) is 18.5 Å². The first kappa shape index (κ1) is 10.5. The van der Waals surface area contributed by atoms with Gasteiger partial charge in [0, 0.05) is 18.1 Å². The second-order valence-electron chi connectivity index (χ2n) is 3.74. The number of hydrogen-bond acceptors (Lipinski definition) is 2. The van der Waals surface area contributed by atoms with Crippen LogP contribution >= 0.6 is 11.6 Å². The number of carboxylic acids is 1. The predicted molar refractivity (Wildman–Crippen MR) is 57.9 cm³/mol. The van der Waals surface area contributed by atoms with Gasteiger partial charge in [0.05, 0.1) is 0 Å². The summed E-state index contributed by atoms with van der Waals surface area (Å²) in [5, 5.41) is 9.57. The molecule has 2 rings (SSSR count). The largest absolute Gasteiger partial charge is 0.480 e. The zero-order valence-electron chi connectivity index (χ0n) is 8.19. The highest BCUT2D eigenvalue weighted by molar-refractivity contribution is 6.30. The molecule has 0 aromatic heterocycles. The number of rotatable bonds is 3. The molecule has 1 N–H and O–H groups in total. The second kappa shape index (κ2) is 4.21. The molecule has 0 radical (unpaired) electrons. The lowest BCUT2D eigenvalue weighted by Crippen LogP contribution is -2.51. The van der Waals surface area contributed by atoms with E-state index in [1.807, 2.05) is 29.2 Å². The zero-order chi connectivity index (χ0) is 10.8. The third-order valence-electron chi connectivity index (χ3n) is 2.71. The maximum Gasteiger partial charge on any atom is 0.320 e. The molecule has 0 bridgehead atoms. The summed E-state index contributed by atoms with van der Waals surface area (Å²) >= 11 is 5.77. The van der Waals surface area contributed by atoms with Gasteiger partial charge in [-0.2, -0.15) is 0 Å². The van der Waals surface area contributed by atoms with Gasteiger partial charge in [0.1, 0.15) is 6.04 Å². The summed E-state index contributed by atoms with van der Waals surface area (Å²) in [6, 6.07) is 7.21. The second-order valence-corrected chi connectivity index (χ2v) is 4.18. The van der Waals surface area contributed by atoms with E-state index in [4.69, 9.17) is 16.7 Å². The Balaban J connectivity index is 1.97. The van der Waals surface area contributed by atoms with Crippen LogP contribution in [0.5, 0.6) is 0 Å². The fourth-order valence-corrected chi connectivity index (χ4v) is 1.86. The molecule has 1 aromatic carbocycles. The third kappa shape index (κ3) is 2.30. The molecule has 1 saturated heterocycles. The summed E-state index contributed by atoms with van der Waals surface area (Å²) in [4.78, 5) is 12.7. The number of carbonyl (C=O) groups is 1. The van der Waals surface area contributed by atoms with E-state index in [-0.39, 0.29) is 6.04 Å². The first-order valence-electron chi connectivity index (χ1n) is 4.88. The van der Waals surface area contributed by atoms with Gasteiger partial charge in [0.25, 0.3) is 0 Å². The SMILES string of the molecule is O=C(O)C1CCN1Cc1ccc(Cl)cc1. The highest BCUT2D eigenvalue weighted by atomic mass is 35.5.